The highest BCUT2D eigenvalue weighted by Gasteiger charge is 2.01. The lowest BCUT2D eigenvalue weighted by atomic mass is 10.2. The van der Waals surface area contributed by atoms with E-state index in [2.05, 4.69) is 25.8 Å². The van der Waals surface area contributed by atoms with Crippen LogP contribution in [0.1, 0.15) is 17.0 Å². The van der Waals surface area contributed by atoms with Crippen LogP contribution >= 0.6 is 0 Å². The van der Waals surface area contributed by atoms with Crippen molar-refractivity contribution >= 4 is 0 Å². The van der Waals surface area contributed by atoms with Crippen LogP contribution < -0.4 is 5.32 Å². The lowest BCUT2D eigenvalue weighted by Crippen LogP contribution is -2.15. The Morgan fingerprint density at radius 1 is 1.40 bits per heavy atom. The molecule has 6 heteroatoms. The van der Waals surface area contributed by atoms with Gasteiger partial charge in [-0.3, -0.25) is 9.78 Å². The highest BCUT2D eigenvalue weighted by atomic mass is 15.4. The molecule has 0 saturated carbocycles. The van der Waals surface area contributed by atoms with Crippen LogP contribution in [0.5, 0.6) is 0 Å². The van der Waals surface area contributed by atoms with Gasteiger partial charge in [-0.25, -0.2) is 0 Å². The summed E-state index contributed by atoms with van der Waals surface area (Å²) in [6.07, 6.45) is 3.60. The minimum absolute atomic E-state index is 0.758. The van der Waals surface area contributed by atoms with E-state index in [1.807, 2.05) is 20.2 Å². The molecule has 0 aliphatic carbocycles. The molecule has 2 aromatic heterocycles. The largest absolute Gasteiger partial charge is 0.307 e. The second-order valence-electron chi connectivity index (χ2n) is 3.47. The zero-order valence-electron chi connectivity index (χ0n) is 8.86. The molecule has 0 amide bonds. The van der Waals surface area contributed by atoms with Crippen molar-refractivity contribution in [1.82, 2.24) is 30.5 Å². The van der Waals surface area contributed by atoms with Gasteiger partial charge in [-0.05, 0) is 6.92 Å². The summed E-state index contributed by atoms with van der Waals surface area (Å²) < 4.78 is 1.76. The van der Waals surface area contributed by atoms with Crippen LogP contribution in [0.25, 0.3) is 0 Å². The van der Waals surface area contributed by atoms with E-state index in [0.29, 0.717) is 0 Å². The summed E-state index contributed by atoms with van der Waals surface area (Å²) in [4.78, 5) is 0. The standard InChI is InChI=1S/C9H14N6/c1-7-8(4-11-13-7)3-10-5-9-6-12-14-15(9)2/h4,6,10H,3,5H2,1-2H3,(H,11,13). The van der Waals surface area contributed by atoms with Crippen molar-refractivity contribution in [2.45, 2.75) is 20.0 Å². The number of nitrogens with one attached hydrogen (secondary N) is 2. The van der Waals surface area contributed by atoms with Crippen molar-refractivity contribution in [3.05, 3.63) is 29.3 Å². The Labute approximate surface area is 87.7 Å². The number of aryl methyl sites for hydroxylation is 2. The van der Waals surface area contributed by atoms with E-state index in [0.717, 1.165) is 24.5 Å². The molecule has 0 radical (unpaired) electrons. The van der Waals surface area contributed by atoms with E-state index in [4.69, 9.17) is 0 Å². The average Bonchev–Trinajstić information content (AvgIpc) is 2.78. The molecule has 2 heterocycles. The van der Waals surface area contributed by atoms with E-state index >= 15 is 0 Å². The summed E-state index contributed by atoms with van der Waals surface area (Å²) in [5.74, 6) is 0. The van der Waals surface area contributed by atoms with Crippen molar-refractivity contribution in [2.75, 3.05) is 0 Å². The van der Waals surface area contributed by atoms with E-state index in [1.165, 1.54) is 5.56 Å². The maximum atomic E-state index is 3.96. The van der Waals surface area contributed by atoms with Gasteiger partial charge in [-0.1, -0.05) is 5.21 Å². The molecule has 0 aliphatic rings. The summed E-state index contributed by atoms with van der Waals surface area (Å²) in [6, 6.07) is 0. The molecule has 0 aliphatic heterocycles. The summed E-state index contributed by atoms with van der Waals surface area (Å²) in [6.45, 7) is 3.57. The number of nitrogens with zero attached hydrogens (tertiary/aromatic N) is 4. The van der Waals surface area contributed by atoms with Gasteiger partial charge in [0, 0.05) is 31.4 Å². The Morgan fingerprint density at radius 3 is 2.87 bits per heavy atom. The Kier molecular flexibility index (Phi) is 2.77. The first-order valence-corrected chi connectivity index (χ1v) is 4.80. The number of hydrogen-bond acceptors (Lipinski definition) is 4. The maximum absolute atomic E-state index is 3.96. The third-order valence-corrected chi connectivity index (χ3v) is 2.36. The predicted molar refractivity (Wildman–Crippen MR) is 54.9 cm³/mol. The van der Waals surface area contributed by atoms with Gasteiger partial charge in [0.15, 0.2) is 0 Å². The summed E-state index contributed by atoms with van der Waals surface area (Å²) in [7, 11) is 1.88. The van der Waals surface area contributed by atoms with Crippen LogP contribution in [0.2, 0.25) is 0 Å². The molecular formula is C9H14N6. The van der Waals surface area contributed by atoms with Gasteiger partial charge in [0.1, 0.15) is 0 Å². The van der Waals surface area contributed by atoms with Crippen LogP contribution in [0, 0.1) is 6.92 Å². The third kappa shape index (κ3) is 2.21. The fraction of sp³-hybridized carbons (Fsp3) is 0.444. The smallest absolute Gasteiger partial charge is 0.0738 e. The Hall–Kier alpha value is -1.69. The Morgan fingerprint density at radius 2 is 2.27 bits per heavy atom. The van der Waals surface area contributed by atoms with Crippen LogP contribution in [0.3, 0.4) is 0 Å². The SMILES string of the molecule is Cc1[nH]ncc1CNCc1cnnn1C. The van der Waals surface area contributed by atoms with Crippen molar-refractivity contribution in [3.63, 3.8) is 0 Å². The number of H-pyrrole nitrogens is 1. The van der Waals surface area contributed by atoms with E-state index in [1.54, 1.807) is 10.9 Å². The first-order valence-electron chi connectivity index (χ1n) is 4.80. The molecule has 0 fully saturated rings. The minimum atomic E-state index is 0.758. The number of hydrogen-bond donors (Lipinski definition) is 2. The molecule has 0 unspecified atom stereocenters. The molecule has 0 spiro atoms. The highest BCUT2D eigenvalue weighted by molar-refractivity contribution is 5.13. The first kappa shape index (κ1) is 9.85. The number of aromatic amines is 1. The van der Waals surface area contributed by atoms with Crippen LogP contribution in [-0.2, 0) is 20.1 Å². The Bertz CT molecular complexity index is 389. The molecule has 0 saturated heterocycles. The van der Waals surface area contributed by atoms with Gasteiger partial charge >= 0.3 is 0 Å². The van der Waals surface area contributed by atoms with Crippen LogP contribution in [0.15, 0.2) is 12.4 Å². The lowest BCUT2D eigenvalue weighted by molar-refractivity contribution is 0.616. The molecule has 0 bridgehead atoms. The van der Waals surface area contributed by atoms with Crippen molar-refractivity contribution in [2.24, 2.45) is 7.05 Å². The normalized spacial score (nSPS) is 10.8. The molecule has 0 aromatic carbocycles. The fourth-order valence-corrected chi connectivity index (χ4v) is 1.35. The van der Waals surface area contributed by atoms with Crippen LogP contribution in [0.4, 0.5) is 0 Å². The zero-order valence-corrected chi connectivity index (χ0v) is 8.86. The topological polar surface area (TPSA) is 71.4 Å². The lowest BCUT2D eigenvalue weighted by Gasteiger charge is -2.03. The van der Waals surface area contributed by atoms with Crippen molar-refractivity contribution in [1.29, 1.82) is 0 Å². The fourth-order valence-electron chi connectivity index (χ4n) is 1.35. The molecular weight excluding hydrogens is 192 g/mol. The second-order valence-corrected chi connectivity index (χ2v) is 3.47. The van der Waals surface area contributed by atoms with Crippen molar-refractivity contribution in [3.8, 4) is 0 Å². The molecule has 15 heavy (non-hydrogen) atoms. The first-order chi connectivity index (χ1) is 7.27. The van der Waals surface area contributed by atoms with E-state index < -0.39 is 0 Å². The van der Waals surface area contributed by atoms with Crippen LogP contribution in [-0.4, -0.2) is 25.2 Å². The second kappa shape index (κ2) is 4.22. The highest BCUT2D eigenvalue weighted by Crippen LogP contribution is 2.02. The van der Waals surface area contributed by atoms with Gasteiger partial charge < -0.3 is 5.32 Å². The number of aromatic nitrogens is 5. The van der Waals surface area contributed by atoms with Gasteiger partial charge in [0.25, 0.3) is 0 Å². The Balaban J connectivity index is 1.86. The molecule has 6 nitrogen and oxygen atoms in total. The molecule has 2 aromatic rings. The van der Waals surface area contributed by atoms with Gasteiger partial charge in [-0.2, -0.15) is 5.10 Å². The van der Waals surface area contributed by atoms with Gasteiger partial charge in [0.2, 0.25) is 0 Å². The summed E-state index contributed by atoms with van der Waals surface area (Å²) in [5, 5.41) is 17.8. The third-order valence-electron chi connectivity index (χ3n) is 2.36. The summed E-state index contributed by atoms with van der Waals surface area (Å²) >= 11 is 0. The van der Waals surface area contributed by atoms with E-state index in [9.17, 15) is 0 Å². The number of rotatable bonds is 4. The minimum Gasteiger partial charge on any atom is -0.307 e. The van der Waals surface area contributed by atoms with Gasteiger partial charge in [0.05, 0.1) is 18.1 Å². The molecule has 80 valence electrons. The predicted octanol–water partition coefficient (Wildman–Crippen LogP) is 0.136. The summed E-state index contributed by atoms with van der Waals surface area (Å²) in [5.41, 5.74) is 3.35. The van der Waals surface area contributed by atoms with Gasteiger partial charge in [-0.15, -0.1) is 5.10 Å². The quantitative estimate of drug-likeness (QED) is 0.746. The zero-order chi connectivity index (χ0) is 10.7. The van der Waals surface area contributed by atoms with Crippen molar-refractivity contribution < 1.29 is 0 Å². The molecule has 0 atom stereocenters. The van der Waals surface area contributed by atoms with E-state index in [-0.39, 0.29) is 0 Å². The molecule has 2 N–H and O–H groups in total. The maximum Gasteiger partial charge on any atom is 0.0738 e. The average molecular weight is 206 g/mol. The molecule has 2 rings (SSSR count). The monoisotopic (exact) mass is 206 g/mol.